The fourth-order valence-corrected chi connectivity index (χ4v) is 1.51. The fraction of sp³-hybridized carbons (Fsp3) is 0.538. The molecule has 1 aromatic rings. The molecule has 0 saturated carbocycles. The van der Waals surface area contributed by atoms with Gasteiger partial charge in [-0.2, -0.15) is 0 Å². The first-order valence-corrected chi connectivity index (χ1v) is 5.21. The van der Waals surface area contributed by atoms with Crippen molar-refractivity contribution < 1.29 is 0 Å². The fourth-order valence-electron chi connectivity index (χ4n) is 1.51. The van der Waals surface area contributed by atoms with E-state index in [-0.39, 0.29) is 0 Å². The first-order chi connectivity index (χ1) is 6.65. The number of rotatable bonds is 3. The van der Waals surface area contributed by atoms with Crippen molar-refractivity contribution in [3.8, 4) is 11.8 Å². The van der Waals surface area contributed by atoms with Gasteiger partial charge in [0.25, 0.3) is 0 Å². The largest absolute Gasteiger partial charge is 0.351 e. The van der Waals surface area contributed by atoms with Gasteiger partial charge < -0.3 is 4.57 Å². The summed E-state index contributed by atoms with van der Waals surface area (Å²) in [6, 6.07) is 0.555. The van der Waals surface area contributed by atoms with Crippen LogP contribution in [0, 0.1) is 18.8 Å². The van der Waals surface area contributed by atoms with Gasteiger partial charge in [0.1, 0.15) is 0 Å². The molecule has 0 bridgehead atoms. The second-order valence-corrected chi connectivity index (χ2v) is 3.93. The lowest BCUT2D eigenvalue weighted by Gasteiger charge is -2.05. The predicted octanol–water partition coefficient (Wildman–Crippen LogP) is 3.33. The zero-order chi connectivity index (χ0) is 10.6. The van der Waals surface area contributed by atoms with Gasteiger partial charge in [0, 0.05) is 24.9 Å². The molecule has 0 saturated heterocycles. The average molecular weight is 189 g/mol. The van der Waals surface area contributed by atoms with E-state index in [4.69, 9.17) is 0 Å². The number of nitrogens with zero attached hydrogens (tertiary/aromatic N) is 1. The molecule has 0 amide bonds. The smallest absolute Gasteiger partial charge is 0.0274 e. The zero-order valence-electron chi connectivity index (χ0n) is 9.59. The van der Waals surface area contributed by atoms with Crippen molar-refractivity contribution in [3.63, 3.8) is 0 Å². The Kier molecular flexibility index (Phi) is 3.83. The van der Waals surface area contributed by atoms with Crippen LogP contribution in [0.15, 0.2) is 12.4 Å². The maximum absolute atomic E-state index is 3.10. The van der Waals surface area contributed by atoms with E-state index < -0.39 is 0 Å². The molecule has 1 nitrogen and oxygen atoms in total. The van der Waals surface area contributed by atoms with Crippen molar-refractivity contribution in [2.45, 2.75) is 46.6 Å². The minimum absolute atomic E-state index is 0.555. The van der Waals surface area contributed by atoms with Crippen molar-refractivity contribution in [1.29, 1.82) is 0 Å². The second-order valence-electron chi connectivity index (χ2n) is 3.93. The molecule has 0 unspecified atom stereocenters. The van der Waals surface area contributed by atoms with Crippen molar-refractivity contribution in [3.05, 3.63) is 23.5 Å². The van der Waals surface area contributed by atoms with E-state index in [1.54, 1.807) is 0 Å². The van der Waals surface area contributed by atoms with E-state index in [1.807, 2.05) is 6.92 Å². The first-order valence-electron chi connectivity index (χ1n) is 5.21. The minimum Gasteiger partial charge on any atom is -0.351 e. The van der Waals surface area contributed by atoms with Crippen molar-refractivity contribution in [1.82, 2.24) is 4.57 Å². The van der Waals surface area contributed by atoms with Crippen LogP contribution in [0.1, 0.15) is 44.4 Å². The van der Waals surface area contributed by atoms with Crippen LogP contribution in [0.4, 0.5) is 0 Å². The van der Waals surface area contributed by atoms with E-state index >= 15 is 0 Å². The molecule has 0 N–H and O–H groups in total. The number of aromatic nitrogens is 1. The van der Waals surface area contributed by atoms with Crippen LogP contribution in [-0.2, 0) is 6.42 Å². The summed E-state index contributed by atoms with van der Waals surface area (Å²) in [6.07, 6.45) is 6.52. The summed E-state index contributed by atoms with van der Waals surface area (Å²) in [5.41, 5.74) is 2.82. The van der Waals surface area contributed by atoms with Crippen molar-refractivity contribution >= 4 is 0 Å². The molecule has 0 radical (unpaired) electrons. The SMILES string of the molecule is CC#CCCc1cn(C(C)C)cc1C. The topological polar surface area (TPSA) is 4.93 Å². The van der Waals surface area contributed by atoms with Gasteiger partial charge in [-0.25, -0.2) is 0 Å². The Bertz CT molecular complexity index is 347. The Morgan fingerprint density at radius 1 is 1.36 bits per heavy atom. The van der Waals surface area contributed by atoms with Crippen LogP contribution in [0.5, 0.6) is 0 Å². The standard InChI is InChI=1S/C13H19N/c1-5-6-7-8-13-10-14(11(2)3)9-12(13)4/h9-11H,7-8H2,1-4H3. The van der Waals surface area contributed by atoms with Gasteiger partial charge in [-0.1, -0.05) is 0 Å². The lowest BCUT2D eigenvalue weighted by Crippen LogP contribution is -1.95. The molecule has 0 atom stereocenters. The van der Waals surface area contributed by atoms with Gasteiger partial charge in [0.15, 0.2) is 0 Å². The molecule has 76 valence electrons. The third-order valence-corrected chi connectivity index (χ3v) is 2.45. The second kappa shape index (κ2) is 4.91. The quantitative estimate of drug-likeness (QED) is 0.643. The highest BCUT2D eigenvalue weighted by Crippen LogP contribution is 2.15. The Labute approximate surface area is 87.1 Å². The van der Waals surface area contributed by atoms with Crippen LogP contribution in [0.2, 0.25) is 0 Å². The summed E-state index contributed by atoms with van der Waals surface area (Å²) in [5.74, 6) is 6.03. The molecule has 1 rings (SSSR count). The van der Waals surface area contributed by atoms with E-state index in [0.29, 0.717) is 6.04 Å². The number of aryl methyl sites for hydroxylation is 2. The summed E-state index contributed by atoms with van der Waals surface area (Å²) < 4.78 is 2.27. The van der Waals surface area contributed by atoms with E-state index in [2.05, 4.69) is 49.6 Å². The Morgan fingerprint density at radius 3 is 2.57 bits per heavy atom. The third-order valence-electron chi connectivity index (χ3n) is 2.45. The van der Waals surface area contributed by atoms with Gasteiger partial charge in [-0.05, 0) is 45.2 Å². The molecule has 0 aliphatic rings. The lowest BCUT2D eigenvalue weighted by molar-refractivity contribution is 0.601. The van der Waals surface area contributed by atoms with Gasteiger partial charge in [0.05, 0.1) is 0 Å². The van der Waals surface area contributed by atoms with Crippen LogP contribution < -0.4 is 0 Å². The highest BCUT2D eigenvalue weighted by molar-refractivity contribution is 5.24. The molecule has 0 aliphatic carbocycles. The third kappa shape index (κ3) is 2.67. The maximum atomic E-state index is 3.10. The summed E-state index contributed by atoms with van der Waals surface area (Å²) in [7, 11) is 0. The molecule has 0 spiro atoms. The van der Waals surface area contributed by atoms with Crippen LogP contribution >= 0.6 is 0 Å². The molecule has 0 aromatic carbocycles. The summed E-state index contributed by atoms with van der Waals surface area (Å²) in [4.78, 5) is 0. The number of hydrogen-bond acceptors (Lipinski definition) is 0. The highest BCUT2D eigenvalue weighted by atomic mass is 15.0. The molecule has 0 fully saturated rings. The van der Waals surface area contributed by atoms with Gasteiger partial charge in [-0.15, -0.1) is 11.8 Å². The van der Waals surface area contributed by atoms with Gasteiger partial charge >= 0.3 is 0 Å². The highest BCUT2D eigenvalue weighted by Gasteiger charge is 2.03. The van der Waals surface area contributed by atoms with Crippen LogP contribution in [0.25, 0.3) is 0 Å². The summed E-state index contributed by atoms with van der Waals surface area (Å²) in [6.45, 7) is 8.48. The van der Waals surface area contributed by atoms with Crippen LogP contribution in [0.3, 0.4) is 0 Å². The minimum atomic E-state index is 0.555. The summed E-state index contributed by atoms with van der Waals surface area (Å²) in [5, 5.41) is 0. The Balaban J connectivity index is 2.70. The van der Waals surface area contributed by atoms with Gasteiger partial charge in [0.2, 0.25) is 0 Å². The molecule has 0 aliphatic heterocycles. The van der Waals surface area contributed by atoms with Crippen LogP contribution in [-0.4, -0.2) is 4.57 Å². The van der Waals surface area contributed by atoms with Crippen molar-refractivity contribution in [2.24, 2.45) is 0 Å². The molecule has 14 heavy (non-hydrogen) atoms. The lowest BCUT2D eigenvalue weighted by atomic mass is 10.1. The van der Waals surface area contributed by atoms with Crippen molar-refractivity contribution in [2.75, 3.05) is 0 Å². The molecular weight excluding hydrogens is 170 g/mol. The average Bonchev–Trinajstić information content (AvgIpc) is 2.49. The predicted molar refractivity (Wildman–Crippen MR) is 61.3 cm³/mol. The van der Waals surface area contributed by atoms with E-state index in [9.17, 15) is 0 Å². The Hall–Kier alpha value is -1.16. The molecule has 1 aromatic heterocycles. The normalized spacial score (nSPS) is 10.1. The van der Waals surface area contributed by atoms with E-state index in [1.165, 1.54) is 11.1 Å². The monoisotopic (exact) mass is 189 g/mol. The Morgan fingerprint density at radius 2 is 2.07 bits per heavy atom. The number of hydrogen-bond donors (Lipinski definition) is 0. The van der Waals surface area contributed by atoms with Gasteiger partial charge in [-0.3, -0.25) is 0 Å². The molecule has 1 heteroatoms. The van der Waals surface area contributed by atoms with E-state index in [0.717, 1.165) is 12.8 Å². The zero-order valence-corrected chi connectivity index (χ0v) is 9.59. The molecule has 1 heterocycles. The first kappa shape index (κ1) is 10.9. The maximum Gasteiger partial charge on any atom is 0.0274 e. The summed E-state index contributed by atoms with van der Waals surface area (Å²) >= 11 is 0. The molecular formula is C13H19N.